The molecule has 3 atom stereocenters. The zero-order valence-electron chi connectivity index (χ0n) is 15.8. The first kappa shape index (κ1) is 20.4. The maximum atomic E-state index is 12.8. The van der Waals surface area contributed by atoms with E-state index in [0.29, 0.717) is 30.0 Å². The third-order valence-corrected chi connectivity index (χ3v) is 6.23. The number of halogens is 1. The van der Waals surface area contributed by atoms with Gasteiger partial charge in [-0.2, -0.15) is 0 Å². The van der Waals surface area contributed by atoms with Crippen molar-refractivity contribution in [3.05, 3.63) is 29.8 Å². The fourth-order valence-electron chi connectivity index (χ4n) is 4.95. The van der Waals surface area contributed by atoms with Gasteiger partial charge in [0.1, 0.15) is 12.4 Å². The summed E-state index contributed by atoms with van der Waals surface area (Å²) in [7, 11) is 0. The molecule has 5 nitrogen and oxygen atoms in total. The van der Waals surface area contributed by atoms with E-state index in [4.69, 9.17) is 15.2 Å². The van der Waals surface area contributed by atoms with Crippen LogP contribution in [-0.4, -0.2) is 37.3 Å². The third kappa shape index (κ3) is 4.95. The largest absolute Gasteiger partial charge is 0.491 e. The summed E-state index contributed by atoms with van der Waals surface area (Å²) in [6.45, 7) is 1.37. The maximum Gasteiger partial charge on any atom is 0.251 e. The number of hydrogen-bond acceptors (Lipinski definition) is 4. The van der Waals surface area contributed by atoms with Crippen LogP contribution in [0, 0.1) is 11.8 Å². The molecular formula is C21H31ClN2O3. The zero-order valence-corrected chi connectivity index (χ0v) is 16.6. The van der Waals surface area contributed by atoms with Gasteiger partial charge in [0.25, 0.3) is 5.91 Å². The molecule has 3 N–H and O–H groups in total. The molecule has 3 unspecified atom stereocenters. The predicted octanol–water partition coefficient (Wildman–Crippen LogP) is 3.30. The van der Waals surface area contributed by atoms with E-state index in [-0.39, 0.29) is 30.5 Å². The molecule has 3 aliphatic rings. The second-order valence-electron chi connectivity index (χ2n) is 8.16. The number of nitrogens with one attached hydrogen (secondary N) is 1. The first-order valence-corrected chi connectivity index (χ1v) is 10.1. The first-order valence-electron chi connectivity index (χ1n) is 10.1. The highest BCUT2D eigenvalue weighted by Gasteiger charge is 2.39. The molecule has 2 saturated carbocycles. The monoisotopic (exact) mass is 394 g/mol. The molecular weight excluding hydrogens is 364 g/mol. The Hall–Kier alpha value is -1.30. The van der Waals surface area contributed by atoms with Crippen molar-refractivity contribution < 1.29 is 14.3 Å². The van der Waals surface area contributed by atoms with Crippen molar-refractivity contribution in [2.45, 2.75) is 63.1 Å². The minimum Gasteiger partial charge on any atom is -0.491 e. The second-order valence-corrected chi connectivity index (χ2v) is 8.16. The minimum absolute atomic E-state index is 0. The van der Waals surface area contributed by atoms with Crippen LogP contribution in [0.5, 0.6) is 5.75 Å². The molecule has 1 aromatic carbocycles. The van der Waals surface area contributed by atoms with Crippen LogP contribution >= 0.6 is 12.4 Å². The van der Waals surface area contributed by atoms with Gasteiger partial charge < -0.3 is 20.5 Å². The van der Waals surface area contributed by atoms with Crippen molar-refractivity contribution in [2.24, 2.45) is 17.6 Å². The maximum absolute atomic E-state index is 12.8. The van der Waals surface area contributed by atoms with E-state index in [1.807, 2.05) is 24.3 Å². The third-order valence-electron chi connectivity index (χ3n) is 6.23. The fraction of sp³-hybridized carbons (Fsp3) is 0.667. The predicted molar refractivity (Wildman–Crippen MR) is 107 cm³/mol. The van der Waals surface area contributed by atoms with Gasteiger partial charge in [-0.25, -0.2) is 0 Å². The van der Waals surface area contributed by atoms with E-state index < -0.39 is 0 Å². The standard InChI is InChI=1S/C21H30N2O3.ClH/c22-17-10-14-4-1-5-15(11-17)20(14)23-21(24)16-6-2-7-18(12-16)26-13-19-8-3-9-25-19;/h2,6-7,12,14-15,17,19-20H,1,3-5,8-11,13,22H2,(H,23,24);1H. The van der Waals surface area contributed by atoms with Gasteiger partial charge >= 0.3 is 0 Å². The van der Waals surface area contributed by atoms with Crippen LogP contribution < -0.4 is 15.8 Å². The molecule has 6 heteroatoms. The lowest BCUT2D eigenvalue weighted by Gasteiger charge is -2.45. The van der Waals surface area contributed by atoms with Crippen molar-refractivity contribution in [1.82, 2.24) is 5.32 Å². The van der Waals surface area contributed by atoms with Crippen LogP contribution in [0.3, 0.4) is 0 Å². The quantitative estimate of drug-likeness (QED) is 0.803. The average molecular weight is 395 g/mol. The van der Waals surface area contributed by atoms with Crippen molar-refractivity contribution in [1.29, 1.82) is 0 Å². The highest BCUT2D eigenvalue weighted by atomic mass is 35.5. The number of benzene rings is 1. The van der Waals surface area contributed by atoms with Crippen LogP contribution in [-0.2, 0) is 4.74 Å². The molecule has 0 aromatic heterocycles. The van der Waals surface area contributed by atoms with Crippen LogP contribution in [0.15, 0.2) is 24.3 Å². The summed E-state index contributed by atoms with van der Waals surface area (Å²) in [5.74, 6) is 1.80. The molecule has 1 amide bonds. The number of fused-ring (bicyclic) bond motifs is 2. The molecule has 3 fully saturated rings. The Morgan fingerprint density at radius 3 is 2.67 bits per heavy atom. The SMILES string of the molecule is Cl.NC1CC2CCCC(C1)C2NC(=O)c1cccc(OCC2CCCO2)c1. The number of amides is 1. The lowest BCUT2D eigenvalue weighted by Crippen LogP contribution is -2.53. The first-order chi connectivity index (χ1) is 12.7. The summed E-state index contributed by atoms with van der Waals surface area (Å²) in [4.78, 5) is 12.8. The fourth-order valence-corrected chi connectivity index (χ4v) is 4.95. The van der Waals surface area contributed by atoms with Crippen molar-refractivity contribution in [2.75, 3.05) is 13.2 Å². The molecule has 1 saturated heterocycles. The molecule has 4 rings (SSSR count). The molecule has 1 heterocycles. The summed E-state index contributed by atoms with van der Waals surface area (Å²) >= 11 is 0. The number of hydrogen-bond donors (Lipinski definition) is 2. The molecule has 0 radical (unpaired) electrons. The van der Waals surface area contributed by atoms with Crippen molar-refractivity contribution in [3.8, 4) is 5.75 Å². The Labute approximate surface area is 167 Å². The highest BCUT2D eigenvalue weighted by Crippen LogP contribution is 2.39. The van der Waals surface area contributed by atoms with E-state index >= 15 is 0 Å². The van der Waals surface area contributed by atoms with E-state index in [9.17, 15) is 4.79 Å². The minimum atomic E-state index is 0. The van der Waals surface area contributed by atoms with Gasteiger partial charge in [0.2, 0.25) is 0 Å². The molecule has 2 aliphatic carbocycles. The van der Waals surface area contributed by atoms with Crippen LogP contribution in [0.25, 0.3) is 0 Å². The van der Waals surface area contributed by atoms with Gasteiger partial charge in [-0.3, -0.25) is 4.79 Å². The molecule has 150 valence electrons. The van der Waals surface area contributed by atoms with E-state index in [1.54, 1.807) is 0 Å². The van der Waals surface area contributed by atoms with E-state index in [1.165, 1.54) is 19.3 Å². The van der Waals surface area contributed by atoms with Gasteiger partial charge in [0, 0.05) is 24.3 Å². The highest BCUT2D eigenvalue weighted by molar-refractivity contribution is 5.94. The Kier molecular flexibility index (Phi) is 7.01. The van der Waals surface area contributed by atoms with Crippen molar-refractivity contribution >= 4 is 18.3 Å². The number of ether oxygens (including phenoxy) is 2. The van der Waals surface area contributed by atoms with Gasteiger partial charge in [-0.1, -0.05) is 12.5 Å². The molecule has 1 aromatic rings. The smallest absolute Gasteiger partial charge is 0.251 e. The molecule has 27 heavy (non-hydrogen) atoms. The molecule has 2 bridgehead atoms. The number of carbonyl (C=O) groups is 1. The van der Waals surface area contributed by atoms with Gasteiger partial charge in [0.05, 0.1) is 6.10 Å². The van der Waals surface area contributed by atoms with Crippen LogP contribution in [0.1, 0.15) is 55.3 Å². The number of nitrogens with two attached hydrogens (primary N) is 1. The topological polar surface area (TPSA) is 73.6 Å². The van der Waals surface area contributed by atoms with Crippen molar-refractivity contribution in [3.63, 3.8) is 0 Å². The van der Waals surface area contributed by atoms with Crippen LogP contribution in [0.4, 0.5) is 0 Å². The normalized spacial score (nSPS) is 32.4. The van der Waals surface area contributed by atoms with E-state index in [0.717, 1.165) is 38.0 Å². The van der Waals surface area contributed by atoms with Gasteiger partial charge in [-0.05, 0) is 68.6 Å². The van der Waals surface area contributed by atoms with Gasteiger partial charge in [-0.15, -0.1) is 12.4 Å². The average Bonchev–Trinajstić information content (AvgIpc) is 3.14. The Bertz CT molecular complexity index is 622. The zero-order chi connectivity index (χ0) is 17.9. The van der Waals surface area contributed by atoms with Gasteiger partial charge in [0.15, 0.2) is 0 Å². The number of rotatable bonds is 5. The lowest BCUT2D eigenvalue weighted by atomic mass is 9.67. The Morgan fingerprint density at radius 1 is 1.19 bits per heavy atom. The summed E-state index contributed by atoms with van der Waals surface area (Å²) < 4.78 is 11.4. The van der Waals surface area contributed by atoms with Crippen LogP contribution in [0.2, 0.25) is 0 Å². The van der Waals surface area contributed by atoms with E-state index in [2.05, 4.69) is 5.32 Å². The Morgan fingerprint density at radius 2 is 1.96 bits per heavy atom. The summed E-state index contributed by atoms with van der Waals surface area (Å²) in [5, 5.41) is 3.31. The molecule has 1 aliphatic heterocycles. The number of carbonyl (C=O) groups excluding carboxylic acids is 1. The molecule has 0 spiro atoms. The lowest BCUT2D eigenvalue weighted by molar-refractivity contribution is 0.0678. The summed E-state index contributed by atoms with van der Waals surface area (Å²) in [6.07, 6.45) is 8.02. The summed E-state index contributed by atoms with van der Waals surface area (Å²) in [5.41, 5.74) is 6.86. The second kappa shape index (κ2) is 9.26. The Balaban J connectivity index is 0.00000210. The summed E-state index contributed by atoms with van der Waals surface area (Å²) in [6, 6.07) is 8.06.